The van der Waals surface area contributed by atoms with E-state index in [1.54, 1.807) is 4.90 Å². The zero-order chi connectivity index (χ0) is 17.9. The fraction of sp³-hybridized carbons (Fsp3) is 0.529. The summed E-state index contributed by atoms with van der Waals surface area (Å²) in [4.78, 5) is 25.7. The van der Waals surface area contributed by atoms with E-state index in [-0.39, 0.29) is 23.9 Å². The average Bonchev–Trinajstić information content (AvgIpc) is 3.18. The third-order valence-corrected chi connectivity index (χ3v) is 5.05. The molecule has 7 heteroatoms. The number of carbonyl (C=O) groups is 2. The number of amides is 3. The minimum atomic E-state index is -0.914. The van der Waals surface area contributed by atoms with Crippen LogP contribution in [0, 0.1) is 5.92 Å². The highest BCUT2D eigenvalue weighted by Gasteiger charge is 2.56. The lowest BCUT2D eigenvalue weighted by molar-refractivity contribution is -0.123. The van der Waals surface area contributed by atoms with Gasteiger partial charge in [-0.2, -0.15) is 0 Å². The normalized spacial score (nSPS) is 19.3. The van der Waals surface area contributed by atoms with E-state index < -0.39 is 4.33 Å². The number of rotatable bonds is 6. The van der Waals surface area contributed by atoms with Gasteiger partial charge in [-0.25, -0.2) is 4.79 Å². The van der Waals surface area contributed by atoms with Gasteiger partial charge in [-0.15, -0.1) is 23.2 Å². The highest BCUT2D eigenvalue weighted by atomic mass is 35.5. The minimum absolute atomic E-state index is 0.122. The van der Waals surface area contributed by atoms with Crippen molar-refractivity contribution < 1.29 is 9.59 Å². The number of hydrogen-bond donors (Lipinski definition) is 2. The maximum absolute atomic E-state index is 12.0. The molecule has 24 heavy (non-hydrogen) atoms. The quantitative estimate of drug-likeness (QED) is 0.744. The molecule has 2 unspecified atom stereocenters. The molecule has 1 aromatic rings. The van der Waals surface area contributed by atoms with Crippen molar-refractivity contribution in [3.8, 4) is 0 Å². The molecular formula is C17H23Cl2N3O2. The van der Waals surface area contributed by atoms with Crippen LogP contribution in [0.5, 0.6) is 0 Å². The molecule has 0 radical (unpaired) electrons. The third-order valence-electron chi connectivity index (χ3n) is 4.21. The summed E-state index contributed by atoms with van der Waals surface area (Å²) in [6.07, 6.45) is 0.491. The van der Waals surface area contributed by atoms with Crippen LogP contribution in [0.2, 0.25) is 0 Å². The largest absolute Gasteiger partial charge is 0.349 e. The Labute approximate surface area is 152 Å². The number of hydrogen-bond acceptors (Lipinski definition) is 2. The molecule has 0 spiro atoms. The summed E-state index contributed by atoms with van der Waals surface area (Å²) in [6.45, 7) is 7.09. The Balaban J connectivity index is 1.91. The number of alkyl halides is 2. The van der Waals surface area contributed by atoms with E-state index in [9.17, 15) is 9.59 Å². The lowest BCUT2D eigenvalue weighted by Crippen LogP contribution is -2.34. The van der Waals surface area contributed by atoms with Crippen LogP contribution in [0.4, 0.5) is 10.5 Å². The number of nitrogens with one attached hydrogen (secondary N) is 2. The van der Waals surface area contributed by atoms with Crippen molar-refractivity contribution in [1.82, 2.24) is 10.2 Å². The van der Waals surface area contributed by atoms with Crippen molar-refractivity contribution in [1.29, 1.82) is 0 Å². The van der Waals surface area contributed by atoms with E-state index in [1.165, 1.54) is 0 Å². The second-order valence-electron chi connectivity index (χ2n) is 5.97. The lowest BCUT2D eigenvalue weighted by Gasteiger charge is -2.19. The smallest absolute Gasteiger partial charge is 0.321 e. The first-order chi connectivity index (χ1) is 11.3. The molecular weight excluding hydrogens is 349 g/mol. The van der Waals surface area contributed by atoms with Gasteiger partial charge in [-0.3, -0.25) is 4.79 Å². The molecule has 1 aromatic carbocycles. The van der Waals surface area contributed by atoms with E-state index in [2.05, 4.69) is 10.6 Å². The summed E-state index contributed by atoms with van der Waals surface area (Å²) in [5.74, 6) is -0.470. The number of benzene rings is 1. The van der Waals surface area contributed by atoms with Gasteiger partial charge in [0.05, 0.1) is 12.0 Å². The Hall–Kier alpha value is -1.46. The van der Waals surface area contributed by atoms with Crippen molar-refractivity contribution >= 4 is 40.8 Å². The van der Waals surface area contributed by atoms with Crippen molar-refractivity contribution in [3.63, 3.8) is 0 Å². The van der Waals surface area contributed by atoms with Crippen LogP contribution in [-0.2, 0) is 4.79 Å². The highest BCUT2D eigenvalue weighted by Crippen LogP contribution is 2.53. The monoisotopic (exact) mass is 371 g/mol. The van der Waals surface area contributed by atoms with Gasteiger partial charge in [0.1, 0.15) is 4.33 Å². The summed E-state index contributed by atoms with van der Waals surface area (Å²) in [6, 6.07) is 7.13. The second kappa shape index (κ2) is 7.62. The summed E-state index contributed by atoms with van der Waals surface area (Å²) < 4.78 is -0.914. The van der Waals surface area contributed by atoms with E-state index in [4.69, 9.17) is 23.2 Å². The van der Waals surface area contributed by atoms with Gasteiger partial charge in [-0.1, -0.05) is 12.1 Å². The van der Waals surface area contributed by atoms with Gasteiger partial charge < -0.3 is 15.5 Å². The molecule has 0 aromatic heterocycles. The number of urea groups is 1. The summed E-state index contributed by atoms with van der Waals surface area (Å²) in [5.41, 5.74) is 1.66. The molecule has 2 N–H and O–H groups in total. The van der Waals surface area contributed by atoms with Crippen LogP contribution in [0.1, 0.15) is 38.8 Å². The zero-order valence-corrected chi connectivity index (χ0v) is 15.6. The fourth-order valence-electron chi connectivity index (χ4n) is 2.46. The Morgan fingerprint density at radius 3 is 2.25 bits per heavy atom. The predicted molar refractivity (Wildman–Crippen MR) is 97.5 cm³/mol. The predicted octanol–water partition coefficient (Wildman–Crippen LogP) is 3.93. The van der Waals surface area contributed by atoms with Gasteiger partial charge in [0, 0.05) is 18.8 Å². The van der Waals surface area contributed by atoms with Gasteiger partial charge in [-0.05, 0) is 44.9 Å². The van der Waals surface area contributed by atoms with Gasteiger partial charge in [0.2, 0.25) is 5.91 Å². The number of nitrogens with zero attached hydrogens (tertiary/aromatic N) is 1. The molecule has 0 bridgehead atoms. The Morgan fingerprint density at radius 1 is 1.25 bits per heavy atom. The van der Waals surface area contributed by atoms with E-state index in [0.717, 1.165) is 11.3 Å². The molecule has 0 heterocycles. The van der Waals surface area contributed by atoms with Crippen molar-refractivity contribution in [2.24, 2.45) is 5.92 Å². The Kier molecular flexibility index (Phi) is 5.99. The topological polar surface area (TPSA) is 61.4 Å². The minimum Gasteiger partial charge on any atom is -0.349 e. The maximum Gasteiger partial charge on any atom is 0.321 e. The first-order valence-corrected chi connectivity index (χ1v) is 8.88. The Morgan fingerprint density at radius 2 is 1.79 bits per heavy atom. The number of halogens is 2. The average molecular weight is 372 g/mol. The van der Waals surface area contributed by atoms with Crippen LogP contribution >= 0.6 is 23.2 Å². The standard InChI is InChI=1S/C17H23Cl2N3O2/c1-4-22(5-2)16(24)21-13-8-6-12(7-9-13)11(3)20-15(23)14-10-17(14,18)19/h6-9,11,14H,4-5,10H2,1-3H3,(H,20,23)(H,21,24). The molecule has 1 aliphatic rings. The molecule has 2 atom stereocenters. The number of carbonyl (C=O) groups excluding carboxylic acids is 2. The van der Waals surface area contributed by atoms with Crippen LogP contribution in [-0.4, -0.2) is 34.3 Å². The number of anilines is 1. The van der Waals surface area contributed by atoms with Crippen LogP contribution in [0.3, 0.4) is 0 Å². The van der Waals surface area contributed by atoms with E-state index in [1.807, 2.05) is 45.0 Å². The van der Waals surface area contributed by atoms with Crippen molar-refractivity contribution in [2.45, 2.75) is 37.6 Å². The van der Waals surface area contributed by atoms with E-state index in [0.29, 0.717) is 19.5 Å². The maximum atomic E-state index is 12.0. The first-order valence-electron chi connectivity index (χ1n) is 8.12. The molecule has 0 saturated heterocycles. The zero-order valence-electron chi connectivity index (χ0n) is 14.1. The van der Waals surface area contributed by atoms with E-state index >= 15 is 0 Å². The van der Waals surface area contributed by atoms with Gasteiger partial charge >= 0.3 is 6.03 Å². The van der Waals surface area contributed by atoms with Crippen molar-refractivity contribution in [2.75, 3.05) is 18.4 Å². The molecule has 1 saturated carbocycles. The van der Waals surface area contributed by atoms with Crippen LogP contribution in [0.15, 0.2) is 24.3 Å². The van der Waals surface area contributed by atoms with Gasteiger partial charge in [0.25, 0.3) is 0 Å². The fourth-order valence-corrected chi connectivity index (χ4v) is 2.97. The van der Waals surface area contributed by atoms with Crippen molar-refractivity contribution in [3.05, 3.63) is 29.8 Å². The highest BCUT2D eigenvalue weighted by molar-refractivity contribution is 6.52. The molecule has 5 nitrogen and oxygen atoms in total. The van der Waals surface area contributed by atoms with Crippen LogP contribution < -0.4 is 10.6 Å². The lowest BCUT2D eigenvalue weighted by atomic mass is 10.1. The third kappa shape index (κ3) is 4.54. The molecule has 1 aliphatic carbocycles. The second-order valence-corrected chi connectivity index (χ2v) is 7.51. The molecule has 3 amide bonds. The SMILES string of the molecule is CCN(CC)C(=O)Nc1ccc(C(C)NC(=O)C2CC2(Cl)Cl)cc1. The molecule has 0 aliphatic heterocycles. The molecule has 132 valence electrons. The molecule has 1 fully saturated rings. The molecule has 2 rings (SSSR count). The van der Waals surface area contributed by atoms with Gasteiger partial charge in [0.15, 0.2) is 0 Å². The summed E-state index contributed by atoms with van der Waals surface area (Å²) in [7, 11) is 0. The van der Waals surface area contributed by atoms with Crippen LogP contribution in [0.25, 0.3) is 0 Å². The first kappa shape index (κ1) is 18.9. The Bertz CT molecular complexity index is 600. The summed E-state index contributed by atoms with van der Waals surface area (Å²) in [5, 5.41) is 5.76. The summed E-state index contributed by atoms with van der Waals surface area (Å²) >= 11 is 11.8.